The molecule has 0 aromatic carbocycles. The maximum Gasteiger partial charge on any atom is 0.433 e. The van der Waals surface area contributed by atoms with Gasteiger partial charge in [0.15, 0.2) is 5.69 Å². The van der Waals surface area contributed by atoms with E-state index in [-0.39, 0.29) is 18.4 Å². The Balaban J connectivity index is 2.23. The van der Waals surface area contributed by atoms with Gasteiger partial charge in [0.2, 0.25) is 5.95 Å². The summed E-state index contributed by atoms with van der Waals surface area (Å²) < 4.78 is 38.4. The molecule has 0 bridgehead atoms. The van der Waals surface area contributed by atoms with Crippen molar-refractivity contribution in [3.63, 3.8) is 0 Å². The summed E-state index contributed by atoms with van der Waals surface area (Å²) in [5.41, 5.74) is -0.947. The van der Waals surface area contributed by atoms with Crippen LogP contribution in [0.1, 0.15) is 18.5 Å². The summed E-state index contributed by atoms with van der Waals surface area (Å²) in [6, 6.07) is 0.974. The second kappa shape index (κ2) is 5.82. The van der Waals surface area contributed by atoms with Gasteiger partial charge in [-0.25, -0.2) is 4.98 Å². The van der Waals surface area contributed by atoms with E-state index in [4.69, 9.17) is 5.11 Å². The van der Waals surface area contributed by atoms with Gasteiger partial charge in [-0.2, -0.15) is 18.2 Å². The van der Waals surface area contributed by atoms with Gasteiger partial charge in [0.1, 0.15) is 5.82 Å². The van der Waals surface area contributed by atoms with Crippen LogP contribution in [0.2, 0.25) is 0 Å². The van der Waals surface area contributed by atoms with E-state index in [2.05, 4.69) is 15.3 Å². The molecule has 20 heavy (non-hydrogen) atoms. The van der Waals surface area contributed by atoms with Crippen molar-refractivity contribution in [1.82, 2.24) is 9.97 Å². The van der Waals surface area contributed by atoms with E-state index in [9.17, 15) is 13.2 Å². The number of aromatic nitrogens is 2. The number of nitrogens with one attached hydrogen (secondary N) is 1. The predicted molar refractivity (Wildman–Crippen MR) is 68.6 cm³/mol. The highest BCUT2D eigenvalue weighted by Gasteiger charge is 2.35. The van der Waals surface area contributed by atoms with Crippen molar-refractivity contribution in [2.45, 2.75) is 19.0 Å². The van der Waals surface area contributed by atoms with Crippen LogP contribution in [0.5, 0.6) is 0 Å². The normalized spacial score (nSPS) is 19.4. The van der Waals surface area contributed by atoms with Crippen molar-refractivity contribution in [1.29, 1.82) is 0 Å². The van der Waals surface area contributed by atoms with Crippen LogP contribution >= 0.6 is 0 Å². The number of alkyl halides is 3. The molecule has 2 N–H and O–H groups in total. The van der Waals surface area contributed by atoms with Gasteiger partial charge in [0.05, 0.1) is 0 Å². The number of nitrogens with zero attached hydrogens (tertiary/aromatic N) is 3. The van der Waals surface area contributed by atoms with Gasteiger partial charge < -0.3 is 15.3 Å². The van der Waals surface area contributed by atoms with E-state index >= 15 is 0 Å². The first-order valence-corrected chi connectivity index (χ1v) is 6.44. The lowest BCUT2D eigenvalue weighted by molar-refractivity contribution is -0.141. The molecule has 112 valence electrons. The van der Waals surface area contributed by atoms with Crippen LogP contribution in [0.3, 0.4) is 0 Å². The van der Waals surface area contributed by atoms with Gasteiger partial charge in [-0.1, -0.05) is 0 Å². The number of anilines is 2. The fourth-order valence-electron chi connectivity index (χ4n) is 2.31. The Bertz CT molecular complexity index is 467. The number of halogens is 3. The fourth-order valence-corrected chi connectivity index (χ4v) is 2.31. The zero-order valence-electron chi connectivity index (χ0n) is 11.1. The van der Waals surface area contributed by atoms with E-state index in [1.54, 1.807) is 4.90 Å². The van der Waals surface area contributed by atoms with E-state index < -0.39 is 11.9 Å². The minimum atomic E-state index is -4.49. The number of hydrogen-bond acceptors (Lipinski definition) is 5. The summed E-state index contributed by atoms with van der Waals surface area (Å²) >= 11 is 0. The highest BCUT2D eigenvalue weighted by molar-refractivity contribution is 5.46. The predicted octanol–water partition coefficient (Wildman–Crippen LogP) is 1.75. The zero-order valence-corrected chi connectivity index (χ0v) is 11.1. The van der Waals surface area contributed by atoms with Crippen molar-refractivity contribution in [3.05, 3.63) is 11.8 Å². The molecule has 0 radical (unpaired) electrons. The van der Waals surface area contributed by atoms with Crippen LogP contribution in [0.25, 0.3) is 0 Å². The fraction of sp³-hybridized carbons (Fsp3) is 0.667. The van der Waals surface area contributed by atoms with Crippen LogP contribution in [0, 0.1) is 5.92 Å². The second-order valence-electron chi connectivity index (χ2n) is 4.80. The summed E-state index contributed by atoms with van der Waals surface area (Å²) in [4.78, 5) is 9.32. The Morgan fingerprint density at radius 1 is 1.45 bits per heavy atom. The Labute approximate surface area is 114 Å². The van der Waals surface area contributed by atoms with Crippen LogP contribution < -0.4 is 10.2 Å². The minimum Gasteiger partial charge on any atom is -0.396 e. The number of rotatable bonds is 4. The van der Waals surface area contributed by atoms with Crippen molar-refractivity contribution < 1.29 is 18.3 Å². The van der Waals surface area contributed by atoms with Crippen LogP contribution in [-0.2, 0) is 6.18 Å². The molecule has 0 amide bonds. The van der Waals surface area contributed by atoms with Crippen LogP contribution in [0.15, 0.2) is 6.07 Å². The smallest absolute Gasteiger partial charge is 0.396 e. The monoisotopic (exact) mass is 290 g/mol. The summed E-state index contributed by atoms with van der Waals surface area (Å²) in [7, 11) is 1.48. The molecule has 0 saturated carbocycles. The highest BCUT2D eigenvalue weighted by Crippen LogP contribution is 2.32. The SMILES string of the molecule is CNc1nc(N2CCC(CCO)C2)cc(C(F)(F)F)n1. The van der Waals surface area contributed by atoms with Crippen LogP contribution in [-0.4, -0.2) is 41.8 Å². The molecule has 1 aliphatic rings. The molecular weight excluding hydrogens is 273 g/mol. The first-order valence-electron chi connectivity index (χ1n) is 6.44. The summed E-state index contributed by atoms with van der Waals surface area (Å²) in [6.07, 6.45) is -2.99. The topological polar surface area (TPSA) is 61.3 Å². The average molecular weight is 290 g/mol. The molecule has 0 aliphatic carbocycles. The minimum absolute atomic E-state index is 0.0413. The van der Waals surface area contributed by atoms with Gasteiger partial charge in [0, 0.05) is 32.8 Å². The highest BCUT2D eigenvalue weighted by atomic mass is 19.4. The number of aliphatic hydroxyl groups is 1. The third-order valence-electron chi connectivity index (χ3n) is 3.37. The second-order valence-corrected chi connectivity index (χ2v) is 4.80. The van der Waals surface area contributed by atoms with Crippen molar-refractivity contribution in [2.75, 3.05) is 37.0 Å². The lowest BCUT2D eigenvalue weighted by atomic mass is 10.1. The molecule has 5 nitrogen and oxygen atoms in total. The Morgan fingerprint density at radius 2 is 2.20 bits per heavy atom. The Kier molecular flexibility index (Phi) is 4.32. The molecule has 2 heterocycles. The third kappa shape index (κ3) is 3.30. The summed E-state index contributed by atoms with van der Waals surface area (Å²) in [6.45, 7) is 1.35. The number of aliphatic hydroxyl groups excluding tert-OH is 1. The van der Waals surface area contributed by atoms with Crippen LogP contribution in [0.4, 0.5) is 24.9 Å². The van der Waals surface area contributed by atoms with Gasteiger partial charge in [0.25, 0.3) is 0 Å². The van der Waals surface area contributed by atoms with Gasteiger partial charge in [-0.3, -0.25) is 0 Å². The maximum absolute atomic E-state index is 12.8. The number of hydrogen-bond donors (Lipinski definition) is 2. The summed E-state index contributed by atoms with van der Waals surface area (Å²) in [5, 5.41) is 11.5. The Morgan fingerprint density at radius 3 is 2.80 bits per heavy atom. The quantitative estimate of drug-likeness (QED) is 0.884. The van der Waals surface area contributed by atoms with E-state index in [1.165, 1.54) is 7.05 Å². The molecule has 1 aromatic heterocycles. The molecular formula is C12H17F3N4O. The Hall–Kier alpha value is -1.57. The molecule has 1 saturated heterocycles. The van der Waals surface area contributed by atoms with Crippen molar-refractivity contribution in [2.24, 2.45) is 5.92 Å². The molecule has 1 aliphatic heterocycles. The first-order chi connectivity index (χ1) is 9.44. The van der Waals surface area contributed by atoms with Gasteiger partial charge in [-0.05, 0) is 18.8 Å². The van der Waals surface area contributed by atoms with Gasteiger partial charge in [-0.15, -0.1) is 0 Å². The molecule has 8 heteroatoms. The standard InChI is InChI=1S/C12H17F3N4O/c1-16-11-17-9(12(13,14)15)6-10(18-11)19-4-2-8(7-19)3-5-20/h6,8,20H,2-5,7H2,1H3,(H,16,17,18). The van der Waals surface area contributed by atoms with E-state index in [1.807, 2.05) is 0 Å². The molecule has 0 spiro atoms. The molecule has 1 unspecified atom stereocenters. The molecule has 1 fully saturated rings. The molecule has 2 rings (SSSR count). The van der Waals surface area contributed by atoms with Crippen molar-refractivity contribution in [3.8, 4) is 0 Å². The van der Waals surface area contributed by atoms with E-state index in [0.717, 1.165) is 12.5 Å². The molecule has 1 aromatic rings. The van der Waals surface area contributed by atoms with Crippen molar-refractivity contribution >= 4 is 11.8 Å². The largest absolute Gasteiger partial charge is 0.433 e. The van der Waals surface area contributed by atoms with E-state index in [0.29, 0.717) is 25.4 Å². The maximum atomic E-state index is 12.8. The average Bonchev–Trinajstić information content (AvgIpc) is 2.86. The lowest BCUT2D eigenvalue weighted by Crippen LogP contribution is -2.23. The first kappa shape index (κ1) is 14.8. The lowest BCUT2D eigenvalue weighted by Gasteiger charge is -2.19. The zero-order chi connectivity index (χ0) is 14.8. The third-order valence-corrected chi connectivity index (χ3v) is 3.37. The van der Waals surface area contributed by atoms with Gasteiger partial charge >= 0.3 is 6.18 Å². The summed E-state index contributed by atoms with van der Waals surface area (Å²) in [5.74, 6) is 0.528. The molecule has 1 atom stereocenters.